The Labute approximate surface area is 130 Å². The summed E-state index contributed by atoms with van der Waals surface area (Å²) in [4.78, 5) is 35.6. The number of amides is 1. The fraction of sp³-hybridized carbons (Fsp3) is 0.533. The van der Waals surface area contributed by atoms with Gasteiger partial charge >= 0.3 is 11.9 Å². The molecular weight excluding hydrogens is 288 g/mol. The zero-order valence-electron chi connectivity index (χ0n) is 13.2. The lowest BCUT2D eigenvalue weighted by molar-refractivity contribution is -0.186. The van der Waals surface area contributed by atoms with E-state index in [1.165, 1.54) is 13.8 Å². The van der Waals surface area contributed by atoms with Crippen LogP contribution in [0.15, 0.2) is 25.3 Å². The number of carbonyl (C=O) groups excluding carboxylic acids is 3. The summed E-state index contributed by atoms with van der Waals surface area (Å²) in [6, 6.07) is 0. The molecule has 0 bridgehead atoms. The summed E-state index contributed by atoms with van der Waals surface area (Å²) in [6.45, 7) is 12.1. The molecule has 1 amide bonds. The van der Waals surface area contributed by atoms with Crippen molar-refractivity contribution in [2.24, 2.45) is 0 Å². The SMILES string of the molecule is C=CCN(CC=C)CCNC(=O)CC(OC(C)=O)OC(C)=O. The van der Waals surface area contributed by atoms with Crippen LogP contribution in [0.2, 0.25) is 0 Å². The highest BCUT2D eigenvalue weighted by molar-refractivity contribution is 5.77. The Balaban J connectivity index is 4.21. The molecule has 0 spiro atoms. The van der Waals surface area contributed by atoms with E-state index in [0.29, 0.717) is 26.2 Å². The molecular formula is C15H24N2O5. The lowest BCUT2D eigenvalue weighted by Gasteiger charge is -2.19. The summed E-state index contributed by atoms with van der Waals surface area (Å²) in [6.07, 6.45) is 2.10. The average Bonchev–Trinajstić information content (AvgIpc) is 2.37. The van der Waals surface area contributed by atoms with E-state index >= 15 is 0 Å². The molecule has 0 unspecified atom stereocenters. The Morgan fingerprint density at radius 1 is 1.09 bits per heavy atom. The van der Waals surface area contributed by atoms with Crippen molar-refractivity contribution < 1.29 is 23.9 Å². The smallest absolute Gasteiger partial charge is 0.305 e. The minimum absolute atomic E-state index is 0.234. The van der Waals surface area contributed by atoms with Crippen LogP contribution in [0.25, 0.3) is 0 Å². The second-order valence-electron chi connectivity index (χ2n) is 4.54. The van der Waals surface area contributed by atoms with Gasteiger partial charge in [-0.1, -0.05) is 12.2 Å². The second-order valence-corrected chi connectivity index (χ2v) is 4.54. The summed E-state index contributed by atoms with van der Waals surface area (Å²) in [5, 5.41) is 2.68. The van der Waals surface area contributed by atoms with Crippen LogP contribution < -0.4 is 5.32 Å². The zero-order valence-corrected chi connectivity index (χ0v) is 13.2. The van der Waals surface area contributed by atoms with Gasteiger partial charge < -0.3 is 14.8 Å². The van der Waals surface area contributed by atoms with Gasteiger partial charge in [-0.3, -0.25) is 19.3 Å². The van der Waals surface area contributed by atoms with Gasteiger partial charge in [0.15, 0.2) is 0 Å². The molecule has 124 valence electrons. The first kappa shape index (κ1) is 19.9. The molecule has 0 aromatic rings. The van der Waals surface area contributed by atoms with Gasteiger partial charge in [0.1, 0.15) is 6.42 Å². The standard InChI is InChI=1S/C15H24N2O5/c1-5-8-17(9-6-2)10-7-16-14(20)11-15(21-12(3)18)22-13(4)19/h5-6,15H,1-2,7-11H2,3-4H3,(H,16,20). The van der Waals surface area contributed by atoms with E-state index in [4.69, 9.17) is 9.47 Å². The largest absolute Gasteiger partial charge is 0.425 e. The number of esters is 2. The molecule has 0 aliphatic carbocycles. The van der Waals surface area contributed by atoms with E-state index in [1.54, 1.807) is 12.2 Å². The first-order valence-corrected chi connectivity index (χ1v) is 6.94. The van der Waals surface area contributed by atoms with Crippen molar-refractivity contribution in [2.45, 2.75) is 26.6 Å². The monoisotopic (exact) mass is 312 g/mol. The molecule has 0 saturated carbocycles. The van der Waals surface area contributed by atoms with E-state index in [9.17, 15) is 14.4 Å². The highest BCUT2D eigenvalue weighted by Gasteiger charge is 2.19. The Morgan fingerprint density at radius 2 is 1.59 bits per heavy atom. The molecule has 1 N–H and O–H groups in total. The van der Waals surface area contributed by atoms with E-state index in [1.807, 2.05) is 4.90 Å². The van der Waals surface area contributed by atoms with Crippen LogP contribution in [0.1, 0.15) is 20.3 Å². The van der Waals surface area contributed by atoms with Gasteiger partial charge in [-0.05, 0) is 0 Å². The summed E-state index contributed by atoms with van der Waals surface area (Å²) >= 11 is 0. The van der Waals surface area contributed by atoms with Crippen molar-refractivity contribution in [3.8, 4) is 0 Å². The second kappa shape index (κ2) is 11.5. The number of nitrogens with one attached hydrogen (secondary N) is 1. The quantitative estimate of drug-likeness (QED) is 0.342. The number of hydrogen-bond acceptors (Lipinski definition) is 6. The predicted octanol–water partition coefficient (Wildman–Crippen LogP) is 0.619. The van der Waals surface area contributed by atoms with Crippen molar-refractivity contribution in [2.75, 3.05) is 26.2 Å². The molecule has 0 saturated heterocycles. The molecule has 0 rings (SSSR count). The van der Waals surface area contributed by atoms with Gasteiger partial charge in [-0.15, -0.1) is 13.2 Å². The molecule has 0 radical (unpaired) electrons. The minimum atomic E-state index is -1.20. The molecule has 0 aliphatic heterocycles. The molecule has 7 heteroatoms. The third-order valence-electron chi connectivity index (χ3n) is 2.47. The maximum absolute atomic E-state index is 11.8. The first-order valence-electron chi connectivity index (χ1n) is 6.94. The van der Waals surface area contributed by atoms with Gasteiger partial charge in [-0.25, -0.2) is 0 Å². The number of ether oxygens (including phenoxy) is 2. The van der Waals surface area contributed by atoms with Crippen molar-refractivity contribution >= 4 is 17.8 Å². The average molecular weight is 312 g/mol. The maximum Gasteiger partial charge on any atom is 0.305 e. The van der Waals surface area contributed by atoms with Crippen LogP contribution in [0.4, 0.5) is 0 Å². The predicted molar refractivity (Wildman–Crippen MR) is 81.8 cm³/mol. The van der Waals surface area contributed by atoms with E-state index in [0.717, 1.165) is 0 Å². The summed E-state index contributed by atoms with van der Waals surface area (Å²) in [5.74, 6) is -1.62. The van der Waals surface area contributed by atoms with Crippen LogP contribution in [-0.2, 0) is 23.9 Å². The molecule has 0 aromatic carbocycles. The van der Waals surface area contributed by atoms with Crippen molar-refractivity contribution in [3.63, 3.8) is 0 Å². The minimum Gasteiger partial charge on any atom is -0.425 e. The van der Waals surface area contributed by atoms with Crippen molar-refractivity contribution in [1.29, 1.82) is 0 Å². The molecule has 22 heavy (non-hydrogen) atoms. The fourth-order valence-electron chi connectivity index (χ4n) is 1.68. The van der Waals surface area contributed by atoms with Crippen LogP contribution in [0.5, 0.6) is 0 Å². The van der Waals surface area contributed by atoms with Gasteiger partial charge in [0.25, 0.3) is 6.29 Å². The summed E-state index contributed by atoms with van der Waals surface area (Å²) in [5.41, 5.74) is 0. The van der Waals surface area contributed by atoms with E-state index in [-0.39, 0.29) is 12.3 Å². The van der Waals surface area contributed by atoms with Crippen LogP contribution in [-0.4, -0.2) is 55.2 Å². The summed E-state index contributed by atoms with van der Waals surface area (Å²) in [7, 11) is 0. The zero-order chi connectivity index (χ0) is 17.0. The lowest BCUT2D eigenvalue weighted by atomic mass is 10.3. The third kappa shape index (κ3) is 10.6. The molecule has 0 fully saturated rings. The molecule has 0 heterocycles. The number of nitrogens with zero attached hydrogens (tertiary/aromatic N) is 1. The normalized spacial score (nSPS) is 10.2. The van der Waals surface area contributed by atoms with Gasteiger partial charge in [0.2, 0.25) is 5.91 Å². The maximum atomic E-state index is 11.8. The third-order valence-corrected chi connectivity index (χ3v) is 2.47. The van der Waals surface area contributed by atoms with Crippen LogP contribution in [0.3, 0.4) is 0 Å². The van der Waals surface area contributed by atoms with Crippen LogP contribution >= 0.6 is 0 Å². The Kier molecular flexibility index (Phi) is 10.4. The number of rotatable bonds is 11. The molecule has 7 nitrogen and oxygen atoms in total. The Hall–Kier alpha value is -2.15. The van der Waals surface area contributed by atoms with Gasteiger partial charge in [-0.2, -0.15) is 0 Å². The Morgan fingerprint density at radius 3 is 2.00 bits per heavy atom. The molecule has 0 aliphatic rings. The van der Waals surface area contributed by atoms with Crippen LogP contribution in [0, 0.1) is 0 Å². The van der Waals surface area contributed by atoms with E-state index < -0.39 is 18.2 Å². The fourth-order valence-corrected chi connectivity index (χ4v) is 1.68. The van der Waals surface area contributed by atoms with Crippen molar-refractivity contribution in [3.05, 3.63) is 25.3 Å². The molecule has 0 atom stereocenters. The Bertz CT molecular complexity index is 383. The van der Waals surface area contributed by atoms with Crippen molar-refractivity contribution in [1.82, 2.24) is 10.2 Å². The number of hydrogen-bond donors (Lipinski definition) is 1. The van der Waals surface area contributed by atoms with Gasteiger partial charge in [0.05, 0.1) is 0 Å². The first-order chi connectivity index (χ1) is 10.4. The highest BCUT2D eigenvalue weighted by atomic mass is 16.7. The van der Waals surface area contributed by atoms with Gasteiger partial charge in [0, 0.05) is 40.0 Å². The highest BCUT2D eigenvalue weighted by Crippen LogP contribution is 2.02. The molecule has 0 aromatic heterocycles. The summed E-state index contributed by atoms with van der Waals surface area (Å²) < 4.78 is 9.51. The lowest BCUT2D eigenvalue weighted by Crippen LogP contribution is -2.37. The topological polar surface area (TPSA) is 84.9 Å². The van der Waals surface area contributed by atoms with E-state index in [2.05, 4.69) is 18.5 Å². The number of carbonyl (C=O) groups is 3.